The van der Waals surface area contributed by atoms with Crippen LogP contribution in [-0.2, 0) is 14.3 Å². The van der Waals surface area contributed by atoms with Crippen LogP contribution in [0, 0.1) is 12.8 Å². The van der Waals surface area contributed by atoms with Crippen molar-refractivity contribution in [3.8, 4) is 5.75 Å². The van der Waals surface area contributed by atoms with E-state index >= 15 is 0 Å². The van der Waals surface area contributed by atoms with Gasteiger partial charge in [-0.15, -0.1) is 0 Å². The van der Waals surface area contributed by atoms with Crippen LogP contribution in [0.15, 0.2) is 18.2 Å². The summed E-state index contributed by atoms with van der Waals surface area (Å²) in [5, 5.41) is 2.67. The molecule has 1 saturated carbocycles. The molecule has 21 heavy (non-hydrogen) atoms. The largest absolute Gasteiger partial charge is 0.493 e. The van der Waals surface area contributed by atoms with Crippen LogP contribution in [0.3, 0.4) is 0 Å². The summed E-state index contributed by atoms with van der Waals surface area (Å²) in [7, 11) is 1.26. The molecule has 0 bridgehead atoms. The quantitative estimate of drug-likeness (QED) is 0.646. The van der Waals surface area contributed by atoms with E-state index in [1.165, 1.54) is 26.4 Å². The topological polar surface area (TPSA) is 64.6 Å². The standard InChI is InChI=1S/C16H21NO4/c1-11-6-7-13(17-15(18)9-16(19)20-2)8-14(11)21-10-12-4-3-5-12/h6-8,12H,3-5,9-10H2,1-2H3,(H,17,18). The number of aryl methyl sites for hydroxylation is 1. The van der Waals surface area contributed by atoms with E-state index in [-0.39, 0.29) is 6.42 Å². The minimum atomic E-state index is -0.555. The van der Waals surface area contributed by atoms with Crippen molar-refractivity contribution in [2.45, 2.75) is 32.6 Å². The Kier molecular flexibility index (Phi) is 5.20. The Balaban J connectivity index is 1.93. The predicted molar refractivity (Wildman–Crippen MR) is 79.3 cm³/mol. The molecule has 1 aliphatic rings. The zero-order chi connectivity index (χ0) is 15.2. The first-order valence-electron chi connectivity index (χ1n) is 7.18. The molecule has 5 heteroatoms. The Labute approximate surface area is 124 Å². The van der Waals surface area contributed by atoms with E-state index in [0.29, 0.717) is 11.6 Å². The average molecular weight is 291 g/mol. The monoisotopic (exact) mass is 291 g/mol. The van der Waals surface area contributed by atoms with Gasteiger partial charge in [-0.05, 0) is 37.3 Å². The molecule has 1 aliphatic carbocycles. The Morgan fingerprint density at radius 2 is 2.10 bits per heavy atom. The SMILES string of the molecule is COC(=O)CC(=O)Nc1ccc(C)c(OCC2CCC2)c1. The van der Waals surface area contributed by atoms with Crippen molar-refractivity contribution in [2.75, 3.05) is 19.0 Å². The Morgan fingerprint density at radius 1 is 1.33 bits per heavy atom. The van der Waals surface area contributed by atoms with Gasteiger partial charge in [0.05, 0.1) is 13.7 Å². The fourth-order valence-corrected chi connectivity index (χ4v) is 2.11. The molecule has 1 N–H and O–H groups in total. The number of nitrogens with one attached hydrogen (secondary N) is 1. The van der Waals surface area contributed by atoms with Crippen LogP contribution in [0.1, 0.15) is 31.2 Å². The zero-order valence-electron chi connectivity index (χ0n) is 12.5. The molecule has 0 atom stereocenters. The fourth-order valence-electron chi connectivity index (χ4n) is 2.11. The molecule has 0 spiro atoms. The van der Waals surface area contributed by atoms with Gasteiger partial charge in [0.1, 0.15) is 12.2 Å². The Bertz CT molecular complexity index is 523. The molecule has 0 unspecified atom stereocenters. The van der Waals surface area contributed by atoms with Crippen LogP contribution in [0.4, 0.5) is 5.69 Å². The van der Waals surface area contributed by atoms with Gasteiger partial charge < -0.3 is 14.8 Å². The van der Waals surface area contributed by atoms with Crippen molar-refractivity contribution in [3.63, 3.8) is 0 Å². The molecule has 1 amide bonds. The highest BCUT2D eigenvalue weighted by Gasteiger charge is 2.18. The zero-order valence-corrected chi connectivity index (χ0v) is 12.5. The van der Waals surface area contributed by atoms with E-state index in [1.807, 2.05) is 13.0 Å². The number of ether oxygens (including phenoxy) is 2. The molecule has 0 aromatic heterocycles. The summed E-state index contributed by atoms with van der Waals surface area (Å²) in [6, 6.07) is 5.48. The maximum atomic E-state index is 11.6. The molecule has 1 aromatic rings. The lowest BCUT2D eigenvalue weighted by Gasteiger charge is -2.25. The van der Waals surface area contributed by atoms with Crippen LogP contribution in [-0.4, -0.2) is 25.6 Å². The van der Waals surface area contributed by atoms with Crippen LogP contribution in [0.2, 0.25) is 0 Å². The highest BCUT2D eigenvalue weighted by Crippen LogP contribution is 2.29. The van der Waals surface area contributed by atoms with E-state index in [4.69, 9.17) is 4.74 Å². The minimum absolute atomic E-state index is 0.289. The average Bonchev–Trinajstić information content (AvgIpc) is 2.40. The fraction of sp³-hybridized carbons (Fsp3) is 0.500. The van der Waals surface area contributed by atoms with E-state index < -0.39 is 11.9 Å². The smallest absolute Gasteiger partial charge is 0.315 e. The maximum Gasteiger partial charge on any atom is 0.315 e. The summed E-state index contributed by atoms with van der Waals surface area (Å²) in [5.41, 5.74) is 1.65. The number of carbonyl (C=O) groups is 2. The van der Waals surface area contributed by atoms with Crippen molar-refractivity contribution >= 4 is 17.6 Å². The van der Waals surface area contributed by atoms with Gasteiger partial charge in [-0.25, -0.2) is 0 Å². The predicted octanol–water partition coefficient (Wildman–Crippen LogP) is 2.68. The second-order valence-corrected chi connectivity index (χ2v) is 5.39. The molecule has 0 heterocycles. The number of rotatable bonds is 6. The number of anilines is 1. The lowest BCUT2D eigenvalue weighted by atomic mass is 9.86. The van der Waals surface area contributed by atoms with Crippen molar-refractivity contribution in [2.24, 2.45) is 5.92 Å². The number of benzene rings is 1. The Hall–Kier alpha value is -2.04. The first-order chi connectivity index (χ1) is 10.1. The number of hydrogen-bond donors (Lipinski definition) is 1. The van der Waals surface area contributed by atoms with E-state index in [1.54, 1.807) is 12.1 Å². The van der Waals surface area contributed by atoms with Crippen LogP contribution in [0.25, 0.3) is 0 Å². The summed E-state index contributed by atoms with van der Waals surface area (Å²) < 4.78 is 10.3. The second-order valence-electron chi connectivity index (χ2n) is 5.39. The molecular formula is C16H21NO4. The number of amides is 1. The minimum Gasteiger partial charge on any atom is -0.493 e. The van der Waals surface area contributed by atoms with Crippen LogP contribution < -0.4 is 10.1 Å². The van der Waals surface area contributed by atoms with Gasteiger partial charge in [0.2, 0.25) is 5.91 Å². The van der Waals surface area contributed by atoms with Gasteiger partial charge in [-0.3, -0.25) is 9.59 Å². The first kappa shape index (κ1) is 15.4. The van der Waals surface area contributed by atoms with Crippen molar-refractivity contribution in [3.05, 3.63) is 23.8 Å². The number of esters is 1. The number of methoxy groups -OCH3 is 1. The van der Waals surface area contributed by atoms with Gasteiger partial charge in [0.25, 0.3) is 0 Å². The second kappa shape index (κ2) is 7.11. The van der Waals surface area contributed by atoms with Gasteiger partial charge >= 0.3 is 5.97 Å². The molecule has 5 nitrogen and oxygen atoms in total. The lowest BCUT2D eigenvalue weighted by Crippen LogP contribution is -2.20. The van der Waals surface area contributed by atoms with Crippen LogP contribution in [0.5, 0.6) is 5.75 Å². The molecule has 0 radical (unpaired) electrons. The van der Waals surface area contributed by atoms with E-state index in [2.05, 4.69) is 10.1 Å². The van der Waals surface area contributed by atoms with Crippen molar-refractivity contribution in [1.29, 1.82) is 0 Å². The summed E-state index contributed by atoms with van der Waals surface area (Å²) >= 11 is 0. The third-order valence-corrected chi connectivity index (χ3v) is 3.70. The molecule has 1 fully saturated rings. The summed E-state index contributed by atoms with van der Waals surface area (Å²) in [4.78, 5) is 22.7. The maximum absolute atomic E-state index is 11.6. The van der Waals surface area contributed by atoms with Crippen molar-refractivity contribution in [1.82, 2.24) is 0 Å². The summed E-state index contributed by atoms with van der Waals surface area (Å²) in [6.45, 7) is 2.69. The van der Waals surface area contributed by atoms with Crippen molar-refractivity contribution < 1.29 is 19.1 Å². The molecule has 0 saturated heterocycles. The van der Waals surface area contributed by atoms with E-state index in [9.17, 15) is 9.59 Å². The third kappa shape index (κ3) is 4.48. The molecule has 0 aliphatic heterocycles. The Morgan fingerprint density at radius 3 is 2.71 bits per heavy atom. The highest BCUT2D eigenvalue weighted by atomic mass is 16.5. The molecule has 2 rings (SSSR count). The van der Waals surface area contributed by atoms with Gasteiger partial charge in [-0.2, -0.15) is 0 Å². The highest BCUT2D eigenvalue weighted by molar-refractivity contribution is 6.01. The molecule has 1 aromatic carbocycles. The number of carbonyl (C=O) groups excluding carboxylic acids is 2. The molecular weight excluding hydrogens is 270 g/mol. The third-order valence-electron chi connectivity index (χ3n) is 3.70. The molecule has 114 valence electrons. The summed E-state index contributed by atoms with van der Waals surface area (Å²) in [5.74, 6) is 0.483. The van der Waals surface area contributed by atoms with Gasteiger partial charge in [0, 0.05) is 11.8 Å². The summed E-state index contributed by atoms with van der Waals surface area (Å²) in [6.07, 6.45) is 3.46. The van der Waals surface area contributed by atoms with Crippen LogP contribution >= 0.6 is 0 Å². The lowest BCUT2D eigenvalue weighted by molar-refractivity contribution is -0.142. The van der Waals surface area contributed by atoms with E-state index in [0.717, 1.165) is 17.9 Å². The normalized spacial score (nSPS) is 14.2. The van der Waals surface area contributed by atoms with Gasteiger partial charge in [0.15, 0.2) is 0 Å². The first-order valence-corrected chi connectivity index (χ1v) is 7.18. The van der Waals surface area contributed by atoms with Gasteiger partial charge in [-0.1, -0.05) is 12.5 Å². The number of hydrogen-bond acceptors (Lipinski definition) is 4.